The molecular formula is C14H13NO5S. The Kier molecular flexibility index (Phi) is 4.54. The van der Waals surface area contributed by atoms with Gasteiger partial charge in [-0.05, 0) is 6.07 Å². The summed E-state index contributed by atoms with van der Waals surface area (Å²) in [7, 11) is 1.27. The summed E-state index contributed by atoms with van der Waals surface area (Å²) in [4.78, 5) is 34.4. The summed E-state index contributed by atoms with van der Waals surface area (Å²) in [6.07, 6.45) is -0.415. The second-order valence-corrected chi connectivity index (χ2v) is 5.29. The molecule has 0 aliphatic carbocycles. The number of rotatable bonds is 5. The molecule has 0 atom stereocenters. The number of thiophene rings is 1. The van der Waals surface area contributed by atoms with E-state index in [9.17, 15) is 14.4 Å². The predicted octanol–water partition coefficient (Wildman–Crippen LogP) is 2.49. The van der Waals surface area contributed by atoms with Crippen LogP contribution in [-0.2, 0) is 14.3 Å². The summed E-state index contributed by atoms with van der Waals surface area (Å²) in [5, 5.41) is 11.9. The number of amides is 1. The van der Waals surface area contributed by atoms with Gasteiger partial charge in [0.05, 0.1) is 19.2 Å². The molecule has 7 heteroatoms. The number of hydrogen-bond acceptors (Lipinski definition) is 5. The highest BCUT2D eigenvalue weighted by Gasteiger charge is 2.20. The van der Waals surface area contributed by atoms with Crippen LogP contribution in [0.15, 0.2) is 24.3 Å². The quantitative estimate of drug-likeness (QED) is 0.828. The molecule has 0 saturated carbocycles. The first-order chi connectivity index (χ1) is 10.0. The molecule has 1 heterocycles. The molecule has 2 N–H and O–H groups in total. The van der Waals surface area contributed by atoms with E-state index in [0.717, 1.165) is 10.1 Å². The number of fused-ring (bicyclic) bond motifs is 1. The molecule has 0 radical (unpaired) electrons. The molecule has 2 aromatic rings. The van der Waals surface area contributed by atoms with Crippen molar-refractivity contribution in [2.45, 2.75) is 12.8 Å². The van der Waals surface area contributed by atoms with E-state index in [1.165, 1.54) is 18.4 Å². The lowest BCUT2D eigenvalue weighted by atomic mass is 10.2. The van der Waals surface area contributed by atoms with Gasteiger partial charge in [-0.2, -0.15) is 0 Å². The molecule has 1 aromatic heterocycles. The topological polar surface area (TPSA) is 92.7 Å². The van der Waals surface area contributed by atoms with Crippen molar-refractivity contribution in [3.05, 3.63) is 29.1 Å². The Morgan fingerprint density at radius 1 is 1.24 bits per heavy atom. The summed E-state index contributed by atoms with van der Waals surface area (Å²) < 4.78 is 5.55. The molecule has 1 amide bonds. The fourth-order valence-corrected chi connectivity index (χ4v) is 2.90. The monoisotopic (exact) mass is 307 g/mol. The maximum atomic E-state index is 11.8. The minimum atomic E-state index is -1.05. The molecule has 0 bridgehead atoms. The van der Waals surface area contributed by atoms with Gasteiger partial charge in [0.15, 0.2) is 0 Å². The number of hydrogen-bond donors (Lipinski definition) is 2. The standard InChI is InChI=1S/C14H13NO5S/c1-20-14(19)13-12(15-10(16)6-7-11(17)18)8-4-2-3-5-9(8)21-13/h2-5H,6-7H2,1H3,(H,15,16)(H,17,18). The number of benzene rings is 1. The fraction of sp³-hybridized carbons (Fsp3) is 0.214. The van der Waals surface area contributed by atoms with Crippen LogP contribution in [0.1, 0.15) is 22.5 Å². The van der Waals surface area contributed by atoms with Gasteiger partial charge in [-0.3, -0.25) is 9.59 Å². The van der Waals surface area contributed by atoms with Crippen LogP contribution in [0.4, 0.5) is 5.69 Å². The lowest BCUT2D eigenvalue weighted by molar-refractivity contribution is -0.138. The summed E-state index contributed by atoms with van der Waals surface area (Å²) in [5.74, 6) is -2.04. The number of nitrogens with one attached hydrogen (secondary N) is 1. The van der Waals surface area contributed by atoms with Gasteiger partial charge < -0.3 is 15.2 Å². The third kappa shape index (κ3) is 3.38. The lowest BCUT2D eigenvalue weighted by Gasteiger charge is -2.05. The van der Waals surface area contributed by atoms with Gasteiger partial charge in [-0.15, -0.1) is 11.3 Å². The lowest BCUT2D eigenvalue weighted by Crippen LogP contribution is -2.15. The number of carboxylic acids is 1. The van der Waals surface area contributed by atoms with E-state index in [2.05, 4.69) is 5.32 Å². The molecule has 0 fully saturated rings. The Bertz CT molecular complexity index is 706. The fourth-order valence-electron chi connectivity index (χ4n) is 1.83. The van der Waals surface area contributed by atoms with Crippen molar-refractivity contribution >= 4 is 45.0 Å². The van der Waals surface area contributed by atoms with Gasteiger partial charge in [0.2, 0.25) is 5.91 Å². The average Bonchev–Trinajstić information content (AvgIpc) is 2.83. The summed E-state index contributed by atoms with van der Waals surface area (Å²) >= 11 is 1.22. The zero-order chi connectivity index (χ0) is 15.4. The summed E-state index contributed by atoms with van der Waals surface area (Å²) in [6, 6.07) is 7.24. The summed E-state index contributed by atoms with van der Waals surface area (Å²) in [6.45, 7) is 0. The maximum absolute atomic E-state index is 11.8. The van der Waals surface area contributed by atoms with Crippen LogP contribution in [0.5, 0.6) is 0 Å². The maximum Gasteiger partial charge on any atom is 0.350 e. The second kappa shape index (κ2) is 6.36. The first kappa shape index (κ1) is 15.0. The van der Waals surface area contributed by atoms with Crippen molar-refractivity contribution in [1.82, 2.24) is 0 Å². The number of aliphatic carboxylic acids is 1. The van der Waals surface area contributed by atoms with Crippen LogP contribution in [-0.4, -0.2) is 30.1 Å². The molecule has 0 saturated heterocycles. The number of carbonyl (C=O) groups is 3. The minimum Gasteiger partial charge on any atom is -0.481 e. The Morgan fingerprint density at radius 2 is 1.95 bits per heavy atom. The Morgan fingerprint density at radius 3 is 2.62 bits per heavy atom. The van der Waals surface area contributed by atoms with Gasteiger partial charge in [-0.1, -0.05) is 18.2 Å². The van der Waals surface area contributed by atoms with E-state index in [4.69, 9.17) is 9.84 Å². The van der Waals surface area contributed by atoms with E-state index in [0.29, 0.717) is 10.6 Å². The van der Waals surface area contributed by atoms with Crippen molar-refractivity contribution in [2.24, 2.45) is 0 Å². The van der Waals surface area contributed by atoms with Gasteiger partial charge >= 0.3 is 11.9 Å². The normalized spacial score (nSPS) is 10.3. The Labute approximate surface area is 124 Å². The molecule has 21 heavy (non-hydrogen) atoms. The highest BCUT2D eigenvalue weighted by molar-refractivity contribution is 7.21. The molecular weight excluding hydrogens is 294 g/mol. The van der Waals surface area contributed by atoms with E-state index >= 15 is 0 Å². The number of methoxy groups -OCH3 is 1. The summed E-state index contributed by atoms with van der Waals surface area (Å²) in [5.41, 5.74) is 0.373. The zero-order valence-electron chi connectivity index (χ0n) is 11.2. The number of anilines is 1. The van der Waals surface area contributed by atoms with Crippen LogP contribution in [0.25, 0.3) is 10.1 Å². The van der Waals surface area contributed by atoms with Crippen LogP contribution in [0.3, 0.4) is 0 Å². The van der Waals surface area contributed by atoms with Gasteiger partial charge in [0, 0.05) is 16.5 Å². The SMILES string of the molecule is COC(=O)c1sc2ccccc2c1NC(=O)CCC(=O)O. The van der Waals surface area contributed by atoms with Gasteiger partial charge in [0.25, 0.3) is 0 Å². The molecule has 1 aromatic carbocycles. The predicted molar refractivity (Wildman–Crippen MR) is 78.7 cm³/mol. The second-order valence-electron chi connectivity index (χ2n) is 4.24. The zero-order valence-corrected chi connectivity index (χ0v) is 12.0. The van der Waals surface area contributed by atoms with Crippen LogP contribution < -0.4 is 5.32 Å². The number of carboxylic acid groups (broad SMARTS) is 1. The highest BCUT2D eigenvalue weighted by atomic mass is 32.1. The molecule has 0 aliphatic heterocycles. The van der Waals surface area contributed by atoms with Crippen LogP contribution in [0.2, 0.25) is 0 Å². The van der Waals surface area contributed by atoms with Crippen molar-refractivity contribution < 1.29 is 24.2 Å². The highest BCUT2D eigenvalue weighted by Crippen LogP contribution is 2.36. The van der Waals surface area contributed by atoms with Gasteiger partial charge in [-0.25, -0.2) is 4.79 Å². The first-order valence-electron chi connectivity index (χ1n) is 6.14. The minimum absolute atomic E-state index is 0.153. The molecule has 0 spiro atoms. The first-order valence-corrected chi connectivity index (χ1v) is 6.96. The molecule has 110 valence electrons. The Balaban J connectivity index is 2.34. The molecule has 6 nitrogen and oxygen atoms in total. The average molecular weight is 307 g/mol. The number of esters is 1. The largest absolute Gasteiger partial charge is 0.481 e. The number of ether oxygens (including phenoxy) is 1. The van der Waals surface area contributed by atoms with Crippen molar-refractivity contribution in [2.75, 3.05) is 12.4 Å². The van der Waals surface area contributed by atoms with Crippen molar-refractivity contribution in [3.63, 3.8) is 0 Å². The number of carbonyl (C=O) groups excluding carboxylic acids is 2. The van der Waals surface area contributed by atoms with E-state index in [1.807, 2.05) is 12.1 Å². The van der Waals surface area contributed by atoms with Crippen LogP contribution >= 0.6 is 11.3 Å². The Hall–Kier alpha value is -2.41. The molecule has 0 aliphatic rings. The van der Waals surface area contributed by atoms with E-state index in [1.54, 1.807) is 12.1 Å². The smallest absolute Gasteiger partial charge is 0.350 e. The van der Waals surface area contributed by atoms with Crippen molar-refractivity contribution in [3.8, 4) is 0 Å². The van der Waals surface area contributed by atoms with E-state index in [-0.39, 0.29) is 12.8 Å². The van der Waals surface area contributed by atoms with Crippen molar-refractivity contribution in [1.29, 1.82) is 0 Å². The van der Waals surface area contributed by atoms with E-state index < -0.39 is 17.8 Å². The van der Waals surface area contributed by atoms with Gasteiger partial charge in [0.1, 0.15) is 4.88 Å². The molecule has 2 rings (SSSR count). The third-order valence-electron chi connectivity index (χ3n) is 2.80. The third-order valence-corrected chi connectivity index (χ3v) is 3.95. The van der Waals surface area contributed by atoms with Crippen LogP contribution in [0, 0.1) is 0 Å². The molecule has 0 unspecified atom stereocenters.